The Morgan fingerprint density at radius 1 is 1.18 bits per heavy atom. The highest BCUT2D eigenvalue weighted by Crippen LogP contribution is 2.37. The summed E-state index contributed by atoms with van der Waals surface area (Å²) >= 11 is 3.47. The second-order valence-electron chi connectivity index (χ2n) is 6.94. The number of aromatic nitrogens is 1. The lowest BCUT2D eigenvalue weighted by atomic mass is 10.1. The zero-order chi connectivity index (χ0) is 23.8. The number of methoxy groups -OCH3 is 1. The number of carbonyl (C=O) groups is 1. The summed E-state index contributed by atoms with van der Waals surface area (Å²) in [5.74, 6) is 1.90. The quantitative estimate of drug-likeness (QED) is 0.243. The van der Waals surface area contributed by atoms with Gasteiger partial charge < -0.3 is 24.1 Å². The fraction of sp³-hybridized carbons (Fsp3) is 0.208. The Morgan fingerprint density at radius 3 is 2.61 bits per heavy atom. The van der Waals surface area contributed by atoms with Gasteiger partial charge in [-0.25, -0.2) is 0 Å². The van der Waals surface area contributed by atoms with Gasteiger partial charge in [-0.3, -0.25) is 4.79 Å². The molecule has 0 saturated heterocycles. The van der Waals surface area contributed by atoms with Crippen LogP contribution in [-0.2, 0) is 4.79 Å². The number of nitrogens with zero attached hydrogens (tertiary/aromatic N) is 2. The molecule has 3 rings (SSSR count). The maximum atomic E-state index is 12.4. The summed E-state index contributed by atoms with van der Waals surface area (Å²) in [4.78, 5) is 12.4. The van der Waals surface area contributed by atoms with Crippen molar-refractivity contribution in [1.29, 1.82) is 5.26 Å². The van der Waals surface area contributed by atoms with E-state index in [4.69, 9.17) is 18.7 Å². The molecule has 0 fully saturated rings. The average Bonchev–Trinajstić information content (AvgIpc) is 3.21. The number of hydrogen-bond donors (Lipinski definition) is 1. The largest absolute Gasteiger partial charge is 0.493 e. The zero-order valence-corrected chi connectivity index (χ0v) is 19.9. The minimum atomic E-state index is -0.602. The normalized spacial score (nSPS) is 10.9. The predicted octanol–water partition coefficient (Wildman–Crippen LogP) is 5.07. The highest BCUT2D eigenvalue weighted by molar-refractivity contribution is 9.10. The third-order valence-electron chi connectivity index (χ3n) is 4.48. The Labute approximate surface area is 199 Å². The van der Waals surface area contributed by atoms with E-state index in [-0.39, 0.29) is 11.4 Å². The topological polar surface area (TPSA) is 107 Å². The lowest BCUT2D eigenvalue weighted by molar-refractivity contribution is -0.112. The van der Waals surface area contributed by atoms with Gasteiger partial charge in [-0.2, -0.15) is 5.26 Å². The first-order valence-corrected chi connectivity index (χ1v) is 10.8. The van der Waals surface area contributed by atoms with Gasteiger partial charge in [0.1, 0.15) is 36.4 Å². The van der Waals surface area contributed by atoms with E-state index in [2.05, 4.69) is 26.4 Å². The average molecular weight is 512 g/mol. The van der Waals surface area contributed by atoms with Crippen LogP contribution in [0.5, 0.6) is 17.2 Å². The lowest BCUT2D eigenvalue weighted by Crippen LogP contribution is -2.13. The van der Waals surface area contributed by atoms with Crippen molar-refractivity contribution in [2.24, 2.45) is 0 Å². The summed E-state index contributed by atoms with van der Waals surface area (Å²) in [5, 5.41) is 15.7. The number of rotatable bonds is 9. The molecule has 9 heteroatoms. The van der Waals surface area contributed by atoms with Crippen molar-refractivity contribution in [3.63, 3.8) is 0 Å². The molecule has 0 radical (unpaired) electrons. The molecule has 0 aliphatic heterocycles. The molecule has 0 aliphatic carbocycles. The van der Waals surface area contributed by atoms with Crippen molar-refractivity contribution in [3.05, 3.63) is 69.4 Å². The van der Waals surface area contributed by atoms with Crippen LogP contribution in [0.2, 0.25) is 0 Å². The van der Waals surface area contributed by atoms with Crippen molar-refractivity contribution >= 4 is 33.7 Å². The van der Waals surface area contributed by atoms with Gasteiger partial charge in [-0.15, -0.1) is 0 Å². The molecule has 1 N–H and O–H groups in total. The molecule has 3 aromatic rings. The van der Waals surface area contributed by atoms with Crippen LogP contribution in [0.15, 0.2) is 57.0 Å². The van der Waals surface area contributed by atoms with Gasteiger partial charge in [0, 0.05) is 6.07 Å². The summed E-state index contributed by atoms with van der Waals surface area (Å²) in [6.45, 7) is 4.32. The number of para-hydroxylation sites is 1. The molecular weight excluding hydrogens is 490 g/mol. The molecule has 0 bridgehead atoms. The number of ether oxygens (including phenoxy) is 3. The number of carbonyl (C=O) groups excluding carboxylic acids is 1. The second kappa shape index (κ2) is 11.2. The fourth-order valence-corrected chi connectivity index (χ4v) is 3.48. The van der Waals surface area contributed by atoms with Crippen LogP contribution >= 0.6 is 15.9 Å². The van der Waals surface area contributed by atoms with Crippen molar-refractivity contribution in [3.8, 4) is 23.3 Å². The van der Waals surface area contributed by atoms with Gasteiger partial charge in [0.2, 0.25) is 0 Å². The van der Waals surface area contributed by atoms with Gasteiger partial charge in [0.05, 0.1) is 11.6 Å². The van der Waals surface area contributed by atoms with Crippen LogP contribution in [0, 0.1) is 25.2 Å². The van der Waals surface area contributed by atoms with Crippen LogP contribution in [0.3, 0.4) is 0 Å². The highest BCUT2D eigenvalue weighted by atomic mass is 79.9. The number of amides is 1. The minimum absolute atomic E-state index is 0.107. The monoisotopic (exact) mass is 511 g/mol. The summed E-state index contributed by atoms with van der Waals surface area (Å²) in [6.07, 6.45) is 1.45. The number of nitriles is 1. The number of benzene rings is 2. The fourth-order valence-electron chi connectivity index (χ4n) is 2.90. The summed E-state index contributed by atoms with van der Waals surface area (Å²) < 4.78 is 22.6. The summed E-state index contributed by atoms with van der Waals surface area (Å²) in [5.41, 5.74) is 1.51. The molecule has 1 aromatic heterocycles. The lowest BCUT2D eigenvalue weighted by Gasteiger charge is -2.14. The third-order valence-corrected chi connectivity index (χ3v) is 5.07. The number of anilines is 1. The molecule has 0 atom stereocenters. The van der Waals surface area contributed by atoms with E-state index in [1.165, 1.54) is 13.2 Å². The van der Waals surface area contributed by atoms with Crippen molar-refractivity contribution in [2.75, 3.05) is 25.6 Å². The van der Waals surface area contributed by atoms with Gasteiger partial charge >= 0.3 is 0 Å². The Morgan fingerprint density at radius 2 is 1.94 bits per heavy atom. The van der Waals surface area contributed by atoms with E-state index in [1.54, 1.807) is 25.1 Å². The van der Waals surface area contributed by atoms with E-state index >= 15 is 0 Å². The number of halogens is 1. The van der Waals surface area contributed by atoms with Gasteiger partial charge in [0.15, 0.2) is 17.3 Å². The molecule has 0 spiro atoms. The zero-order valence-electron chi connectivity index (χ0n) is 18.3. The third kappa shape index (κ3) is 6.37. The van der Waals surface area contributed by atoms with Crippen LogP contribution in [0.4, 0.5) is 5.82 Å². The van der Waals surface area contributed by atoms with Crippen molar-refractivity contribution in [2.45, 2.75) is 13.8 Å². The molecule has 0 saturated carbocycles. The molecule has 0 unspecified atom stereocenters. The molecule has 8 nitrogen and oxygen atoms in total. The first kappa shape index (κ1) is 23.9. The van der Waals surface area contributed by atoms with E-state index < -0.39 is 5.91 Å². The molecule has 1 amide bonds. The number of hydrogen-bond acceptors (Lipinski definition) is 7. The van der Waals surface area contributed by atoms with Crippen LogP contribution in [0.25, 0.3) is 6.08 Å². The standard InChI is InChI=1S/C24H22BrN3O5/c1-15-6-4-5-7-20(15)31-8-9-32-23-19(25)12-17(13-21(23)30-3)11-18(14-26)24(29)27-22-10-16(2)33-28-22/h4-7,10-13H,8-9H2,1-3H3,(H,27,28,29). The molecule has 2 aromatic carbocycles. The Bertz CT molecular complexity index is 1210. The first-order valence-electron chi connectivity index (χ1n) is 9.96. The van der Waals surface area contributed by atoms with E-state index in [1.807, 2.05) is 37.3 Å². The Kier molecular flexibility index (Phi) is 8.11. The van der Waals surface area contributed by atoms with Crippen molar-refractivity contribution in [1.82, 2.24) is 5.16 Å². The highest BCUT2D eigenvalue weighted by Gasteiger charge is 2.15. The van der Waals surface area contributed by atoms with Gasteiger partial charge in [0.25, 0.3) is 5.91 Å². The second-order valence-corrected chi connectivity index (χ2v) is 7.80. The van der Waals surface area contributed by atoms with E-state index in [0.29, 0.717) is 40.5 Å². The molecule has 1 heterocycles. The minimum Gasteiger partial charge on any atom is -0.493 e. The maximum absolute atomic E-state index is 12.4. The van der Waals surface area contributed by atoms with Crippen LogP contribution in [-0.4, -0.2) is 31.4 Å². The first-order chi connectivity index (χ1) is 15.9. The van der Waals surface area contributed by atoms with Gasteiger partial charge in [-0.05, 0) is 65.2 Å². The van der Waals surface area contributed by atoms with Crippen LogP contribution < -0.4 is 19.5 Å². The number of aryl methyl sites for hydroxylation is 2. The predicted molar refractivity (Wildman–Crippen MR) is 126 cm³/mol. The SMILES string of the molecule is COc1cc(C=C(C#N)C(=O)Nc2cc(C)on2)cc(Br)c1OCCOc1ccccc1C. The van der Waals surface area contributed by atoms with E-state index in [9.17, 15) is 10.1 Å². The summed E-state index contributed by atoms with van der Waals surface area (Å²) in [6, 6.07) is 14.6. The van der Waals surface area contributed by atoms with Gasteiger partial charge in [-0.1, -0.05) is 23.4 Å². The Hall–Kier alpha value is -3.77. The van der Waals surface area contributed by atoms with Crippen LogP contribution in [0.1, 0.15) is 16.9 Å². The van der Waals surface area contributed by atoms with Crippen molar-refractivity contribution < 1.29 is 23.5 Å². The molecule has 33 heavy (non-hydrogen) atoms. The van der Waals surface area contributed by atoms with E-state index in [0.717, 1.165) is 11.3 Å². The number of nitrogens with one attached hydrogen (secondary N) is 1. The molecular formula is C24H22BrN3O5. The summed E-state index contributed by atoms with van der Waals surface area (Å²) in [7, 11) is 1.51. The molecule has 0 aliphatic rings. The Balaban J connectivity index is 1.70. The smallest absolute Gasteiger partial charge is 0.267 e. The maximum Gasteiger partial charge on any atom is 0.267 e. The molecule has 170 valence electrons.